The summed E-state index contributed by atoms with van der Waals surface area (Å²) in [5, 5.41) is 6.80. The first-order chi connectivity index (χ1) is 10.3. The molecule has 21 heavy (non-hydrogen) atoms. The Morgan fingerprint density at radius 2 is 2.19 bits per heavy atom. The maximum Gasteiger partial charge on any atom is 0.165 e. The molecule has 0 amide bonds. The Morgan fingerprint density at radius 3 is 3.05 bits per heavy atom. The van der Waals surface area contributed by atoms with Crippen LogP contribution in [0.15, 0.2) is 36.4 Å². The Balaban J connectivity index is 1.76. The molecule has 2 aromatic rings. The fourth-order valence-corrected chi connectivity index (χ4v) is 2.70. The van der Waals surface area contributed by atoms with E-state index < -0.39 is 0 Å². The molecule has 0 aliphatic carbocycles. The van der Waals surface area contributed by atoms with Gasteiger partial charge in [0.15, 0.2) is 11.6 Å². The number of hydrogen-bond acceptors (Lipinski definition) is 3. The van der Waals surface area contributed by atoms with Gasteiger partial charge in [0.25, 0.3) is 0 Å². The highest BCUT2D eigenvalue weighted by atomic mass is 19.1. The van der Waals surface area contributed by atoms with Gasteiger partial charge in [-0.3, -0.25) is 0 Å². The van der Waals surface area contributed by atoms with Crippen LogP contribution < -0.4 is 15.4 Å². The summed E-state index contributed by atoms with van der Waals surface area (Å²) in [4.78, 5) is 0. The molecular formula is C17H19FN2O. The van der Waals surface area contributed by atoms with Crippen LogP contribution in [0.1, 0.15) is 17.5 Å². The van der Waals surface area contributed by atoms with Crippen LogP contribution in [-0.4, -0.2) is 13.7 Å². The van der Waals surface area contributed by atoms with Crippen molar-refractivity contribution in [2.75, 3.05) is 24.3 Å². The lowest BCUT2D eigenvalue weighted by molar-refractivity contribution is 0.387. The number of rotatable bonds is 4. The average Bonchev–Trinajstić information content (AvgIpc) is 2.54. The van der Waals surface area contributed by atoms with Crippen LogP contribution in [0.5, 0.6) is 5.75 Å². The minimum absolute atomic E-state index is 0.258. The number of benzene rings is 2. The van der Waals surface area contributed by atoms with Crippen molar-refractivity contribution in [1.82, 2.24) is 0 Å². The zero-order chi connectivity index (χ0) is 14.7. The molecule has 1 heterocycles. The van der Waals surface area contributed by atoms with Crippen molar-refractivity contribution < 1.29 is 9.13 Å². The first-order valence-corrected chi connectivity index (χ1v) is 7.20. The van der Waals surface area contributed by atoms with Gasteiger partial charge >= 0.3 is 0 Å². The van der Waals surface area contributed by atoms with Gasteiger partial charge in [-0.05, 0) is 36.1 Å². The van der Waals surface area contributed by atoms with Gasteiger partial charge in [-0.25, -0.2) is 4.39 Å². The molecule has 3 nitrogen and oxygen atoms in total. The number of para-hydroxylation sites is 1. The third kappa shape index (κ3) is 2.94. The summed E-state index contributed by atoms with van der Waals surface area (Å²) in [6.07, 6.45) is 2.31. The van der Waals surface area contributed by atoms with Crippen LogP contribution in [0.25, 0.3) is 0 Å². The average molecular weight is 286 g/mol. The number of anilines is 2. The van der Waals surface area contributed by atoms with E-state index in [0.29, 0.717) is 6.54 Å². The summed E-state index contributed by atoms with van der Waals surface area (Å²) in [6, 6.07) is 11.2. The van der Waals surface area contributed by atoms with E-state index >= 15 is 0 Å². The Morgan fingerprint density at radius 1 is 1.29 bits per heavy atom. The number of fused-ring (bicyclic) bond motifs is 1. The van der Waals surface area contributed by atoms with Crippen LogP contribution in [0.2, 0.25) is 0 Å². The number of halogens is 1. The Hall–Kier alpha value is -2.23. The van der Waals surface area contributed by atoms with E-state index in [2.05, 4.69) is 28.8 Å². The summed E-state index contributed by atoms with van der Waals surface area (Å²) in [5.41, 5.74) is 4.69. The summed E-state index contributed by atoms with van der Waals surface area (Å²) < 4.78 is 18.4. The maximum absolute atomic E-state index is 13.4. The van der Waals surface area contributed by atoms with Gasteiger partial charge < -0.3 is 15.4 Å². The molecule has 0 atom stereocenters. The van der Waals surface area contributed by atoms with E-state index in [1.165, 1.54) is 36.4 Å². The number of nitrogens with one attached hydrogen (secondary N) is 2. The monoisotopic (exact) mass is 286 g/mol. The lowest BCUT2D eigenvalue weighted by atomic mass is 9.99. The second-order valence-corrected chi connectivity index (χ2v) is 5.18. The first kappa shape index (κ1) is 13.7. The molecule has 0 unspecified atom stereocenters. The maximum atomic E-state index is 13.4. The van der Waals surface area contributed by atoms with Crippen LogP contribution in [-0.2, 0) is 13.0 Å². The van der Waals surface area contributed by atoms with Crippen molar-refractivity contribution in [3.8, 4) is 5.75 Å². The topological polar surface area (TPSA) is 33.3 Å². The molecule has 4 heteroatoms. The standard InChI is InChI=1S/C17H19FN2O/c1-21-16-10-14(7-8-15(16)18)20-11-13-5-2-4-12-6-3-9-19-17(12)13/h2,4-5,7-8,10,19-20H,3,6,9,11H2,1H3. The molecule has 2 aromatic carbocycles. The molecule has 0 radical (unpaired) electrons. The predicted molar refractivity (Wildman–Crippen MR) is 83.5 cm³/mol. The number of aryl methyl sites for hydroxylation is 1. The van der Waals surface area contributed by atoms with Gasteiger partial charge in [-0.2, -0.15) is 0 Å². The van der Waals surface area contributed by atoms with E-state index in [4.69, 9.17) is 4.74 Å². The summed E-state index contributed by atoms with van der Waals surface area (Å²) in [5.74, 6) is -0.0879. The van der Waals surface area contributed by atoms with Crippen LogP contribution in [0, 0.1) is 5.82 Å². The molecule has 110 valence electrons. The minimum Gasteiger partial charge on any atom is -0.494 e. The number of ether oxygens (including phenoxy) is 1. The molecular weight excluding hydrogens is 267 g/mol. The summed E-state index contributed by atoms with van der Waals surface area (Å²) >= 11 is 0. The van der Waals surface area contributed by atoms with Crippen molar-refractivity contribution in [1.29, 1.82) is 0 Å². The molecule has 0 bridgehead atoms. The van der Waals surface area contributed by atoms with Crippen molar-refractivity contribution in [2.45, 2.75) is 19.4 Å². The normalized spacial score (nSPS) is 13.2. The first-order valence-electron chi connectivity index (χ1n) is 7.20. The number of hydrogen-bond donors (Lipinski definition) is 2. The highest BCUT2D eigenvalue weighted by Gasteiger charge is 2.12. The van der Waals surface area contributed by atoms with E-state index in [1.807, 2.05) is 0 Å². The minimum atomic E-state index is -0.346. The van der Waals surface area contributed by atoms with Gasteiger partial charge in [0, 0.05) is 30.5 Å². The molecule has 0 spiro atoms. The molecule has 0 saturated heterocycles. The molecule has 1 aliphatic rings. The molecule has 2 N–H and O–H groups in total. The predicted octanol–water partition coefficient (Wildman–Crippen LogP) is 3.80. The Labute approximate surface area is 124 Å². The second kappa shape index (κ2) is 6.04. The highest BCUT2D eigenvalue weighted by molar-refractivity contribution is 5.60. The van der Waals surface area contributed by atoms with Crippen LogP contribution in [0.3, 0.4) is 0 Å². The SMILES string of the molecule is COc1cc(NCc2cccc3c2NCCC3)ccc1F. The van der Waals surface area contributed by atoms with Crippen molar-refractivity contribution in [3.05, 3.63) is 53.3 Å². The van der Waals surface area contributed by atoms with E-state index in [-0.39, 0.29) is 11.6 Å². The molecule has 1 aliphatic heterocycles. The highest BCUT2D eigenvalue weighted by Crippen LogP contribution is 2.27. The molecule has 0 aromatic heterocycles. The molecule has 3 rings (SSSR count). The zero-order valence-corrected chi connectivity index (χ0v) is 12.1. The van der Waals surface area contributed by atoms with E-state index in [9.17, 15) is 4.39 Å². The quantitative estimate of drug-likeness (QED) is 0.897. The van der Waals surface area contributed by atoms with E-state index in [1.54, 1.807) is 12.1 Å². The summed E-state index contributed by atoms with van der Waals surface area (Å²) in [7, 11) is 1.47. The summed E-state index contributed by atoms with van der Waals surface area (Å²) in [6.45, 7) is 1.72. The third-order valence-corrected chi connectivity index (χ3v) is 3.80. The lowest BCUT2D eigenvalue weighted by Gasteiger charge is -2.21. The third-order valence-electron chi connectivity index (χ3n) is 3.80. The van der Waals surface area contributed by atoms with Crippen molar-refractivity contribution >= 4 is 11.4 Å². The smallest absolute Gasteiger partial charge is 0.165 e. The Kier molecular flexibility index (Phi) is 3.95. The lowest BCUT2D eigenvalue weighted by Crippen LogP contribution is -2.15. The van der Waals surface area contributed by atoms with E-state index in [0.717, 1.165) is 18.7 Å². The van der Waals surface area contributed by atoms with Gasteiger partial charge in [0.05, 0.1) is 7.11 Å². The molecule has 0 fully saturated rings. The van der Waals surface area contributed by atoms with Gasteiger partial charge in [-0.15, -0.1) is 0 Å². The van der Waals surface area contributed by atoms with Gasteiger partial charge in [0.1, 0.15) is 0 Å². The van der Waals surface area contributed by atoms with Crippen molar-refractivity contribution in [3.63, 3.8) is 0 Å². The zero-order valence-electron chi connectivity index (χ0n) is 12.1. The number of methoxy groups -OCH3 is 1. The molecule has 0 saturated carbocycles. The fraction of sp³-hybridized carbons (Fsp3) is 0.294. The van der Waals surface area contributed by atoms with Gasteiger partial charge in [0.2, 0.25) is 0 Å². The largest absolute Gasteiger partial charge is 0.494 e. The fourth-order valence-electron chi connectivity index (χ4n) is 2.70. The van der Waals surface area contributed by atoms with Crippen LogP contribution >= 0.6 is 0 Å². The Bertz CT molecular complexity index is 643. The second-order valence-electron chi connectivity index (χ2n) is 5.18. The van der Waals surface area contributed by atoms with Crippen molar-refractivity contribution in [2.24, 2.45) is 0 Å². The van der Waals surface area contributed by atoms with Gasteiger partial charge in [-0.1, -0.05) is 18.2 Å². The van der Waals surface area contributed by atoms with Crippen LogP contribution in [0.4, 0.5) is 15.8 Å².